The molecule has 0 unspecified atom stereocenters. The minimum atomic E-state index is -0.924. The number of dihydropyridines is 1. The van der Waals surface area contributed by atoms with Gasteiger partial charge in [0.05, 0.1) is 11.3 Å². The summed E-state index contributed by atoms with van der Waals surface area (Å²) in [5, 5.41) is 14.8. The number of nitrogens with one attached hydrogen (secondary N) is 1. The van der Waals surface area contributed by atoms with E-state index in [1.807, 2.05) is 50.4 Å². The average molecular weight is 546 g/mol. The highest BCUT2D eigenvalue weighted by Crippen LogP contribution is 2.40. The van der Waals surface area contributed by atoms with E-state index in [1.54, 1.807) is 6.26 Å². The van der Waals surface area contributed by atoms with Crippen molar-refractivity contribution in [2.75, 3.05) is 32.7 Å². The van der Waals surface area contributed by atoms with E-state index in [-0.39, 0.29) is 0 Å². The highest BCUT2D eigenvalue weighted by Gasteiger charge is 2.26. The molecule has 2 N–H and O–H groups in total. The number of aliphatic hydroxyl groups is 1. The van der Waals surface area contributed by atoms with Crippen LogP contribution in [0, 0.1) is 5.92 Å². The van der Waals surface area contributed by atoms with Crippen molar-refractivity contribution in [3.05, 3.63) is 106 Å². The van der Waals surface area contributed by atoms with Crippen molar-refractivity contribution in [2.24, 2.45) is 5.92 Å². The molecule has 0 saturated carbocycles. The third-order valence-electron chi connectivity index (χ3n) is 7.91. The van der Waals surface area contributed by atoms with Crippen LogP contribution in [0.4, 0.5) is 0 Å². The topological polar surface area (TPSA) is 48.0 Å². The number of halogens is 1. The Morgan fingerprint density at radius 3 is 2.79 bits per heavy atom. The van der Waals surface area contributed by atoms with Gasteiger partial charge in [0.1, 0.15) is 12.0 Å². The van der Waals surface area contributed by atoms with Crippen molar-refractivity contribution in [1.82, 2.24) is 15.1 Å². The van der Waals surface area contributed by atoms with Crippen LogP contribution in [0.15, 0.2) is 84.4 Å². The van der Waals surface area contributed by atoms with Crippen molar-refractivity contribution < 1.29 is 9.84 Å². The number of rotatable bonds is 9. The molecule has 2 aromatic rings. The monoisotopic (exact) mass is 545 g/mol. The minimum Gasteiger partial charge on any atom is -0.462 e. The van der Waals surface area contributed by atoms with Crippen LogP contribution in [0.1, 0.15) is 50.3 Å². The maximum absolute atomic E-state index is 10.7. The Kier molecular flexibility index (Phi) is 8.63. The quantitative estimate of drug-likeness (QED) is 0.378. The number of fused-ring (bicyclic) bond motifs is 2. The number of likely N-dealkylation sites (tertiary alicyclic amines) is 1. The van der Waals surface area contributed by atoms with Crippen molar-refractivity contribution in [2.45, 2.75) is 45.8 Å². The molecule has 1 saturated heterocycles. The molecule has 3 heterocycles. The molecule has 0 amide bonds. The maximum Gasteiger partial charge on any atom is 0.134 e. The third-order valence-corrected chi connectivity index (χ3v) is 8.16. The van der Waals surface area contributed by atoms with Gasteiger partial charge in [0.2, 0.25) is 0 Å². The smallest absolute Gasteiger partial charge is 0.134 e. The summed E-state index contributed by atoms with van der Waals surface area (Å²) in [6.45, 7) is 12.4. The summed E-state index contributed by atoms with van der Waals surface area (Å²) >= 11 is 6.07. The zero-order valence-corrected chi connectivity index (χ0v) is 24.0. The fraction of sp³-hybridized carbons (Fsp3) is 0.394. The number of hydrogen-bond acceptors (Lipinski definition) is 5. The van der Waals surface area contributed by atoms with Crippen LogP contribution in [0.3, 0.4) is 0 Å². The Morgan fingerprint density at radius 2 is 2.03 bits per heavy atom. The lowest BCUT2D eigenvalue weighted by atomic mass is 9.89. The largest absolute Gasteiger partial charge is 0.462 e. The van der Waals surface area contributed by atoms with Gasteiger partial charge in [-0.2, -0.15) is 0 Å². The van der Waals surface area contributed by atoms with E-state index in [0.717, 1.165) is 84.4 Å². The van der Waals surface area contributed by atoms with Gasteiger partial charge in [-0.05, 0) is 92.7 Å². The van der Waals surface area contributed by atoms with Crippen LogP contribution in [-0.4, -0.2) is 47.6 Å². The van der Waals surface area contributed by atoms with E-state index < -0.39 is 5.60 Å². The van der Waals surface area contributed by atoms with Gasteiger partial charge in [-0.3, -0.25) is 4.90 Å². The normalized spacial score (nSPS) is 20.2. The van der Waals surface area contributed by atoms with Gasteiger partial charge in [0.25, 0.3) is 0 Å². The number of allylic oxidation sites excluding steroid dienone is 3. The summed E-state index contributed by atoms with van der Waals surface area (Å²) < 4.78 is 6.06. The fourth-order valence-corrected chi connectivity index (χ4v) is 5.79. The SMILES string of the molecule is CCN(Cc1ccc(Cl)cc1)C[C@@H]1CCN(CC/C=C2\C3=CC=CNC3=COc3ccc(C(C)(C)O)cc32)C1. The predicted octanol–water partition coefficient (Wildman–Crippen LogP) is 6.46. The summed E-state index contributed by atoms with van der Waals surface area (Å²) in [5.74, 6) is 1.50. The number of hydrogen-bond donors (Lipinski definition) is 2. The second-order valence-corrected chi connectivity index (χ2v) is 11.8. The van der Waals surface area contributed by atoms with Crippen molar-refractivity contribution >= 4 is 17.2 Å². The number of benzene rings is 2. The second kappa shape index (κ2) is 12.1. The van der Waals surface area contributed by atoms with Crippen molar-refractivity contribution in [1.29, 1.82) is 0 Å². The van der Waals surface area contributed by atoms with Gasteiger partial charge in [-0.25, -0.2) is 0 Å². The summed E-state index contributed by atoms with van der Waals surface area (Å²) in [6.07, 6.45) is 12.4. The standard InChI is InChI=1S/C33H40ClN3O2/c1-4-36(20-24-9-12-27(34)13-10-24)21-25-15-18-37(22-25)17-6-8-28-29-7-5-16-35-31(29)23-39-32-14-11-26(19-30(28)32)33(2,3)38/h5,7-14,16,19,23,25,35,38H,4,6,15,17-18,20-22H2,1-3H3/b28-8+/t25-/m0/s1. The first-order valence-corrected chi connectivity index (χ1v) is 14.5. The molecular weight excluding hydrogens is 506 g/mol. The molecule has 0 aromatic heterocycles. The zero-order valence-electron chi connectivity index (χ0n) is 23.3. The Bertz CT molecular complexity index is 1290. The third kappa shape index (κ3) is 6.85. The molecule has 5 nitrogen and oxygen atoms in total. The molecule has 0 spiro atoms. The van der Waals surface area contributed by atoms with Crippen LogP contribution in [-0.2, 0) is 12.1 Å². The maximum atomic E-state index is 10.7. The molecule has 5 rings (SSSR count). The van der Waals surface area contributed by atoms with Gasteiger partial charge < -0.3 is 20.1 Å². The van der Waals surface area contributed by atoms with Crippen LogP contribution < -0.4 is 10.1 Å². The van der Waals surface area contributed by atoms with E-state index in [1.165, 1.54) is 12.0 Å². The first-order chi connectivity index (χ1) is 18.8. The Hall–Kier alpha value is -2.83. The summed E-state index contributed by atoms with van der Waals surface area (Å²) in [6, 6.07) is 14.2. The molecule has 2 aromatic carbocycles. The first kappa shape index (κ1) is 27.7. The molecule has 1 fully saturated rings. The highest BCUT2D eigenvalue weighted by atomic mass is 35.5. The zero-order chi connectivity index (χ0) is 27.4. The predicted molar refractivity (Wildman–Crippen MR) is 160 cm³/mol. The molecule has 6 heteroatoms. The Balaban J connectivity index is 1.25. The molecule has 0 aliphatic carbocycles. The molecule has 3 aliphatic rings. The molecule has 0 radical (unpaired) electrons. The molecule has 39 heavy (non-hydrogen) atoms. The van der Waals surface area contributed by atoms with Crippen molar-refractivity contribution in [3.8, 4) is 5.75 Å². The Morgan fingerprint density at radius 1 is 1.21 bits per heavy atom. The fourth-order valence-electron chi connectivity index (χ4n) is 5.67. The van der Waals surface area contributed by atoms with E-state index in [0.29, 0.717) is 5.92 Å². The summed E-state index contributed by atoms with van der Waals surface area (Å²) in [5.41, 5.74) is 5.50. The number of ether oxygens (including phenoxy) is 1. The Labute approximate surface area is 238 Å². The van der Waals surface area contributed by atoms with Gasteiger partial charge in [0.15, 0.2) is 0 Å². The van der Waals surface area contributed by atoms with Gasteiger partial charge in [0, 0.05) is 48.5 Å². The van der Waals surface area contributed by atoms with Gasteiger partial charge in [-0.15, -0.1) is 0 Å². The van der Waals surface area contributed by atoms with Crippen LogP contribution in [0.25, 0.3) is 5.57 Å². The lowest BCUT2D eigenvalue weighted by molar-refractivity contribution is 0.0785. The van der Waals surface area contributed by atoms with Crippen LogP contribution in [0.2, 0.25) is 5.02 Å². The molecular formula is C33H40ClN3O2. The lowest BCUT2D eigenvalue weighted by Crippen LogP contribution is -2.31. The van der Waals surface area contributed by atoms with Gasteiger partial charge in [-0.1, -0.05) is 48.9 Å². The molecule has 206 valence electrons. The van der Waals surface area contributed by atoms with E-state index in [4.69, 9.17) is 16.3 Å². The molecule has 3 aliphatic heterocycles. The van der Waals surface area contributed by atoms with E-state index >= 15 is 0 Å². The van der Waals surface area contributed by atoms with E-state index in [2.05, 4.69) is 52.4 Å². The first-order valence-electron chi connectivity index (χ1n) is 14.1. The van der Waals surface area contributed by atoms with Crippen LogP contribution in [0.5, 0.6) is 5.75 Å². The minimum absolute atomic E-state index is 0.691. The lowest BCUT2D eigenvalue weighted by Gasteiger charge is -2.24. The summed E-state index contributed by atoms with van der Waals surface area (Å²) in [4.78, 5) is 5.15. The average Bonchev–Trinajstić information content (AvgIpc) is 3.31. The van der Waals surface area contributed by atoms with E-state index in [9.17, 15) is 5.11 Å². The van der Waals surface area contributed by atoms with Crippen LogP contribution >= 0.6 is 11.6 Å². The van der Waals surface area contributed by atoms with Crippen molar-refractivity contribution in [3.63, 3.8) is 0 Å². The second-order valence-electron chi connectivity index (χ2n) is 11.3. The molecule has 0 bridgehead atoms. The molecule has 1 atom stereocenters. The summed E-state index contributed by atoms with van der Waals surface area (Å²) in [7, 11) is 0. The van der Waals surface area contributed by atoms with Gasteiger partial charge >= 0.3 is 0 Å². The number of nitrogens with zero attached hydrogens (tertiary/aromatic N) is 2. The highest BCUT2D eigenvalue weighted by molar-refractivity contribution is 6.30.